The van der Waals surface area contributed by atoms with Crippen LogP contribution in [0.15, 0.2) is 150 Å². The maximum atomic E-state index is 11.6. The molecule has 0 aliphatic heterocycles. The van der Waals surface area contributed by atoms with E-state index in [0.29, 0.717) is 0 Å². The molecule has 1 aliphatic rings. The summed E-state index contributed by atoms with van der Waals surface area (Å²) in [4.78, 5) is 11.6. The Labute approximate surface area is 259 Å². The molecule has 0 radical (unpaired) electrons. The summed E-state index contributed by atoms with van der Waals surface area (Å²) in [5.74, 6) is -0.215. The van der Waals surface area contributed by atoms with Gasteiger partial charge in [-0.25, -0.2) is 0 Å². The molecule has 0 saturated heterocycles. The second-order valence-electron chi connectivity index (χ2n) is 12.2. The summed E-state index contributed by atoms with van der Waals surface area (Å²) in [5, 5.41) is 4.19. The first kappa shape index (κ1) is 32.2. The largest absolute Gasteiger partial charge is 0.458 e. The molecule has 0 aromatic heterocycles. The minimum Gasteiger partial charge on any atom is -0.458 e. The molecule has 1 atom stereocenters. The summed E-state index contributed by atoms with van der Waals surface area (Å²) < 4.78 is 5.60. The SMILES string of the molecule is CC(=O)OC1CCC(C)(C)C(/C=C/C(C)=C/C=C/C(C)=C/C[P+](c2ccccc2)(c2ccccc2)c2ccccc2)=C1C. The van der Waals surface area contributed by atoms with Gasteiger partial charge in [0.1, 0.15) is 29.3 Å². The maximum Gasteiger partial charge on any atom is 0.303 e. The number of hydrogen-bond donors (Lipinski definition) is 0. The van der Waals surface area contributed by atoms with Crippen molar-refractivity contribution in [2.45, 2.75) is 60.5 Å². The Bertz CT molecular complexity index is 1430. The van der Waals surface area contributed by atoms with Crippen molar-refractivity contribution in [1.82, 2.24) is 0 Å². The molecule has 3 aromatic rings. The first-order valence-electron chi connectivity index (χ1n) is 15.3. The van der Waals surface area contributed by atoms with E-state index >= 15 is 0 Å². The lowest BCUT2D eigenvalue weighted by Gasteiger charge is -2.36. The van der Waals surface area contributed by atoms with Gasteiger partial charge in [-0.3, -0.25) is 4.79 Å². The molecule has 2 nitrogen and oxygen atoms in total. The smallest absolute Gasteiger partial charge is 0.303 e. The summed E-state index contributed by atoms with van der Waals surface area (Å²) in [7, 11) is -1.89. The number of benzene rings is 3. The van der Waals surface area contributed by atoms with Crippen molar-refractivity contribution in [2.24, 2.45) is 5.41 Å². The fraction of sp³-hybridized carbons (Fsp3) is 0.275. The molecular weight excluding hydrogens is 543 g/mol. The Morgan fingerprint density at radius 1 is 0.814 bits per heavy atom. The summed E-state index contributed by atoms with van der Waals surface area (Å²) >= 11 is 0. The molecule has 0 amide bonds. The highest BCUT2D eigenvalue weighted by Gasteiger charge is 2.44. The quantitative estimate of drug-likeness (QED) is 0.134. The fourth-order valence-corrected chi connectivity index (χ4v) is 10.2. The van der Waals surface area contributed by atoms with Crippen LogP contribution >= 0.6 is 7.26 Å². The molecule has 43 heavy (non-hydrogen) atoms. The van der Waals surface area contributed by atoms with Gasteiger partial charge in [-0.15, -0.1) is 0 Å². The highest BCUT2D eigenvalue weighted by molar-refractivity contribution is 7.95. The van der Waals surface area contributed by atoms with E-state index in [9.17, 15) is 4.79 Å². The Hall–Kier alpha value is -3.74. The second kappa shape index (κ2) is 14.6. The molecule has 0 spiro atoms. The molecule has 0 saturated carbocycles. The Balaban J connectivity index is 1.59. The van der Waals surface area contributed by atoms with Crippen LogP contribution in [0.4, 0.5) is 0 Å². The average Bonchev–Trinajstić information content (AvgIpc) is 3.00. The third-order valence-electron chi connectivity index (χ3n) is 8.49. The standard InChI is InChI=1S/C40H46O2P/c1-31(25-26-38-33(3)39(42-34(4)41)27-29-40(38,5)6)17-16-18-32(2)28-30-43(35-19-10-7-11-20-35,36-21-12-8-13-22-36)37-23-14-9-15-24-37/h7-26,28,39H,27,29-30H2,1-6H3/q+1/b18-16+,26-25+,31-17+,32-28+. The molecule has 0 fully saturated rings. The van der Waals surface area contributed by atoms with Gasteiger partial charge in [0.2, 0.25) is 0 Å². The average molecular weight is 590 g/mol. The predicted octanol–water partition coefficient (Wildman–Crippen LogP) is 9.05. The number of carbonyl (C=O) groups excluding carboxylic acids is 1. The zero-order chi connectivity index (χ0) is 30.9. The first-order chi connectivity index (χ1) is 20.6. The fourth-order valence-electron chi connectivity index (χ4n) is 6.04. The Morgan fingerprint density at radius 2 is 1.33 bits per heavy atom. The molecule has 0 N–H and O–H groups in total. The minimum atomic E-state index is -1.89. The van der Waals surface area contributed by atoms with Gasteiger partial charge in [-0.2, -0.15) is 0 Å². The van der Waals surface area contributed by atoms with Gasteiger partial charge in [0.15, 0.2) is 0 Å². The van der Waals surface area contributed by atoms with Crippen LogP contribution in [0.25, 0.3) is 0 Å². The second-order valence-corrected chi connectivity index (χ2v) is 15.7. The monoisotopic (exact) mass is 589 g/mol. The molecule has 0 heterocycles. The van der Waals surface area contributed by atoms with Gasteiger partial charge < -0.3 is 4.74 Å². The van der Waals surface area contributed by atoms with E-state index in [1.165, 1.54) is 39.6 Å². The topological polar surface area (TPSA) is 26.3 Å². The number of rotatable bonds is 10. The predicted molar refractivity (Wildman–Crippen MR) is 187 cm³/mol. The molecule has 222 valence electrons. The van der Waals surface area contributed by atoms with Crippen LogP contribution in [0.2, 0.25) is 0 Å². The highest BCUT2D eigenvalue weighted by Crippen LogP contribution is 2.55. The summed E-state index contributed by atoms with van der Waals surface area (Å²) in [6, 6.07) is 33.1. The van der Waals surface area contributed by atoms with Crippen LogP contribution in [0.3, 0.4) is 0 Å². The maximum absolute atomic E-state index is 11.6. The number of carbonyl (C=O) groups is 1. The van der Waals surface area contributed by atoms with Crippen LogP contribution < -0.4 is 15.9 Å². The van der Waals surface area contributed by atoms with Crippen molar-refractivity contribution in [3.8, 4) is 0 Å². The molecule has 3 heteroatoms. The van der Waals surface area contributed by atoms with Crippen molar-refractivity contribution < 1.29 is 9.53 Å². The van der Waals surface area contributed by atoms with E-state index in [-0.39, 0.29) is 17.5 Å². The van der Waals surface area contributed by atoms with Crippen LogP contribution in [0, 0.1) is 5.41 Å². The van der Waals surface area contributed by atoms with E-state index in [4.69, 9.17) is 4.74 Å². The zero-order valence-electron chi connectivity index (χ0n) is 26.6. The first-order valence-corrected chi connectivity index (χ1v) is 17.2. The number of hydrogen-bond acceptors (Lipinski definition) is 2. The third-order valence-corrected chi connectivity index (χ3v) is 12.8. The lowest BCUT2D eigenvalue weighted by atomic mass is 9.71. The lowest BCUT2D eigenvalue weighted by Crippen LogP contribution is -2.33. The van der Waals surface area contributed by atoms with Crippen molar-refractivity contribution in [3.05, 3.63) is 150 Å². The van der Waals surface area contributed by atoms with Gasteiger partial charge in [0.05, 0.1) is 6.16 Å². The zero-order valence-corrected chi connectivity index (χ0v) is 27.5. The molecular formula is C40H46O2P+. The van der Waals surface area contributed by atoms with Crippen molar-refractivity contribution in [2.75, 3.05) is 6.16 Å². The normalized spacial score (nSPS) is 18.0. The Morgan fingerprint density at radius 3 is 1.81 bits per heavy atom. The van der Waals surface area contributed by atoms with Crippen molar-refractivity contribution >= 4 is 29.1 Å². The van der Waals surface area contributed by atoms with Crippen LogP contribution in [-0.2, 0) is 9.53 Å². The Kier molecular flexibility index (Phi) is 10.9. The van der Waals surface area contributed by atoms with Gasteiger partial charge in [0.25, 0.3) is 0 Å². The van der Waals surface area contributed by atoms with E-state index in [2.05, 4.69) is 162 Å². The number of allylic oxidation sites excluding steroid dienone is 9. The lowest BCUT2D eigenvalue weighted by molar-refractivity contribution is -0.145. The van der Waals surface area contributed by atoms with Crippen LogP contribution in [0.5, 0.6) is 0 Å². The number of esters is 1. The molecule has 0 bridgehead atoms. The van der Waals surface area contributed by atoms with E-state index in [0.717, 1.165) is 24.6 Å². The van der Waals surface area contributed by atoms with Gasteiger partial charge >= 0.3 is 5.97 Å². The van der Waals surface area contributed by atoms with Gasteiger partial charge in [-0.1, -0.05) is 110 Å². The van der Waals surface area contributed by atoms with Gasteiger partial charge in [0, 0.05) is 6.92 Å². The van der Waals surface area contributed by atoms with Crippen LogP contribution in [-0.4, -0.2) is 18.2 Å². The molecule has 3 aromatic carbocycles. The van der Waals surface area contributed by atoms with E-state index in [1.54, 1.807) is 0 Å². The van der Waals surface area contributed by atoms with Crippen LogP contribution in [0.1, 0.15) is 54.4 Å². The van der Waals surface area contributed by atoms with E-state index < -0.39 is 7.26 Å². The summed E-state index contributed by atoms with van der Waals surface area (Å²) in [5.41, 5.74) is 4.90. The molecule has 4 rings (SSSR count). The third kappa shape index (κ3) is 8.01. The summed E-state index contributed by atoms with van der Waals surface area (Å²) in [6.45, 7) is 12.5. The summed E-state index contributed by atoms with van der Waals surface area (Å²) in [6.07, 6.45) is 16.0. The minimum absolute atomic E-state index is 0.0541. The van der Waals surface area contributed by atoms with Gasteiger partial charge in [-0.05, 0) is 92.6 Å². The van der Waals surface area contributed by atoms with E-state index in [1.807, 2.05) is 0 Å². The molecule has 1 unspecified atom stereocenters. The van der Waals surface area contributed by atoms with Crippen molar-refractivity contribution in [1.29, 1.82) is 0 Å². The highest BCUT2D eigenvalue weighted by atomic mass is 31.2. The molecule has 1 aliphatic carbocycles. The number of ether oxygens (including phenoxy) is 1. The van der Waals surface area contributed by atoms with Crippen molar-refractivity contribution in [3.63, 3.8) is 0 Å².